The fraction of sp³-hybridized carbons (Fsp3) is 0.333. The molecule has 0 spiro atoms. The van der Waals surface area contributed by atoms with Gasteiger partial charge in [-0.1, -0.05) is 39.8 Å². The van der Waals surface area contributed by atoms with Crippen LogP contribution in [-0.2, 0) is 25.7 Å². The third-order valence-electron chi connectivity index (χ3n) is 8.29. The number of anilines is 4. The minimum absolute atomic E-state index is 0.0613. The van der Waals surface area contributed by atoms with E-state index in [0.29, 0.717) is 95.6 Å². The van der Waals surface area contributed by atoms with Crippen molar-refractivity contribution in [1.82, 2.24) is 24.9 Å². The fourth-order valence-corrected chi connectivity index (χ4v) is 6.89. The number of carboxylic acids is 2. The highest BCUT2D eigenvalue weighted by atomic mass is 32.1. The normalized spacial score (nSPS) is 10.8. The second-order valence-electron chi connectivity index (χ2n) is 14.8. The number of carbonyl (C=O) groups is 4. The number of ether oxygens (including phenoxy) is 2. The molecule has 0 bridgehead atoms. The molecule has 4 heterocycles. The molecule has 0 aliphatic heterocycles. The van der Waals surface area contributed by atoms with Gasteiger partial charge in [0.15, 0.2) is 21.8 Å². The van der Waals surface area contributed by atoms with Crippen LogP contribution in [0.5, 0.6) is 11.5 Å². The van der Waals surface area contributed by atoms with Gasteiger partial charge in [-0.25, -0.2) is 39.1 Å². The lowest BCUT2D eigenvalue weighted by atomic mass is 10.2. The number of aromatic carboxylic acids is 2. The molecule has 0 atom stereocenters. The van der Waals surface area contributed by atoms with Gasteiger partial charge in [-0.2, -0.15) is 0 Å². The summed E-state index contributed by atoms with van der Waals surface area (Å²) in [6.07, 6.45) is 7.92. The molecule has 0 fully saturated rings. The summed E-state index contributed by atoms with van der Waals surface area (Å²) in [5.41, 5.74) is 3.20. The average molecular weight is 888 g/mol. The van der Waals surface area contributed by atoms with Gasteiger partial charge in [-0.05, 0) is 73.9 Å². The van der Waals surface area contributed by atoms with E-state index in [0.717, 1.165) is 27.1 Å². The maximum absolute atomic E-state index is 12.4. The fourth-order valence-electron chi connectivity index (χ4n) is 5.27. The zero-order valence-electron chi connectivity index (χ0n) is 35.0. The maximum Gasteiger partial charge on any atom is 0.357 e. The molecule has 20 heteroatoms. The molecule has 0 unspecified atom stereocenters. The lowest BCUT2D eigenvalue weighted by Gasteiger charge is -2.14. The summed E-state index contributed by atoms with van der Waals surface area (Å²) in [4.78, 5) is 67.6. The van der Waals surface area contributed by atoms with Gasteiger partial charge in [0, 0.05) is 35.0 Å². The van der Waals surface area contributed by atoms with Crippen LogP contribution in [0.1, 0.15) is 81.3 Å². The van der Waals surface area contributed by atoms with E-state index in [1.54, 1.807) is 18.5 Å². The van der Waals surface area contributed by atoms with Crippen molar-refractivity contribution in [2.45, 2.75) is 67.2 Å². The Bertz CT molecular complexity index is 2290. The van der Waals surface area contributed by atoms with Crippen LogP contribution in [0.3, 0.4) is 0 Å². The Morgan fingerprint density at radius 3 is 1.66 bits per heavy atom. The molecule has 6 rings (SSSR count). The van der Waals surface area contributed by atoms with Crippen molar-refractivity contribution in [2.24, 2.45) is 11.8 Å². The molecule has 0 saturated heterocycles. The van der Waals surface area contributed by atoms with Crippen molar-refractivity contribution in [2.75, 3.05) is 34.5 Å². The molecular weight excluding hydrogens is 839 g/mol. The molecule has 4 amide bonds. The van der Waals surface area contributed by atoms with Gasteiger partial charge in [0.1, 0.15) is 29.3 Å². The van der Waals surface area contributed by atoms with E-state index in [1.807, 2.05) is 44.2 Å². The zero-order valence-corrected chi connectivity index (χ0v) is 36.7. The van der Waals surface area contributed by atoms with Gasteiger partial charge in [0.2, 0.25) is 0 Å². The van der Waals surface area contributed by atoms with Crippen LogP contribution in [0.2, 0.25) is 0 Å². The van der Waals surface area contributed by atoms with Crippen molar-refractivity contribution >= 4 is 68.3 Å². The number of aromatic nitrogens is 5. The number of hydrogen-bond acceptors (Lipinski definition) is 13. The number of hydrogen-bond donors (Lipinski definition) is 7. The van der Waals surface area contributed by atoms with Crippen LogP contribution < -0.4 is 30.7 Å². The first-order valence-electron chi connectivity index (χ1n) is 19.6. The Balaban J connectivity index is 0.000000234. The highest BCUT2D eigenvalue weighted by Crippen LogP contribution is 2.29. The summed E-state index contributed by atoms with van der Waals surface area (Å²) in [5, 5.41) is 29.8. The van der Waals surface area contributed by atoms with Crippen molar-refractivity contribution in [1.29, 1.82) is 0 Å². The van der Waals surface area contributed by atoms with Crippen LogP contribution in [0, 0.1) is 25.7 Å². The van der Waals surface area contributed by atoms with Crippen LogP contribution in [0.4, 0.5) is 31.2 Å². The molecule has 62 heavy (non-hydrogen) atoms. The van der Waals surface area contributed by atoms with E-state index in [4.69, 9.17) is 24.1 Å². The Morgan fingerprint density at radius 2 is 1.21 bits per heavy atom. The summed E-state index contributed by atoms with van der Waals surface area (Å²) >= 11 is 2.68. The Morgan fingerprint density at radius 1 is 0.694 bits per heavy atom. The predicted molar refractivity (Wildman–Crippen MR) is 236 cm³/mol. The predicted octanol–water partition coefficient (Wildman–Crippen LogP) is 8.94. The number of oxazole rings is 1. The highest BCUT2D eigenvalue weighted by Gasteiger charge is 2.15. The number of carbonyl (C=O) groups excluding carboxylic acids is 2. The van der Waals surface area contributed by atoms with Gasteiger partial charge in [0.25, 0.3) is 0 Å². The third-order valence-corrected chi connectivity index (χ3v) is 10.2. The summed E-state index contributed by atoms with van der Waals surface area (Å²) in [7, 11) is 0. The molecule has 0 saturated carbocycles. The summed E-state index contributed by atoms with van der Waals surface area (Å²) in [5.74, 6) is 0.740. The van der Waals surface area contributed by atoms with E-state index >= 15 is 0 Å². The summed E-state index contributed by atoms with van der Waals surface area (Å²) in [6, 6.07) is 10.4. The lowest BCUT2D eigenvalue weighted by Crippen LogP contribution is -2.20. The van der Waals surface area contributed by atoms with E-state index in [-0.39, 0.29) is 11.4 Å². The first-order chi connectivity index (χ1) is 29.6. The molecule has 0 radical (unpaired) electrons. The second kappa shape index (κ2) is 22.2. The van der Waals surface area contributed by atoms with Crippen LogP contribution >= 0.6 is 22.7 Å². The van der Waals surface area contributed by atoms with Gasteiger partial charge in [-0.3, -0.25) is 10.6 Å². The molecule has 0 aliphatic rings. The number of rotatable bonds is 18. The Kier molecular flexibility index (Phi) is 16.5. The Hall–Kier alpha value is -6.80. The number of nitrogens with zero attached hydrogens (tertiary/aromatic N) is 4. The molecule has 4 aromatic heterocycles. The number of aryl methyl sites for hydroxylation is 6. The van der Waals surface area contributed by atoms with Gasteiger partial charge in [0.05, 0.1) is 30.8 Å². The molecule has 18 nitrogen and oxygen atoms in total. The first kappa shape index (κ1) is 46.3. The van der Waals surface area contributed by atoms with Crippen LogP contribution in [0.15, 0.2) is 65.7 Å². The van der Waals surface area contributed by atoms with E-state index in [9.17, 15) is 19.2 Å². The molecular formula is C42H49N9O9S2. The maximum atomic E-state index is 12.4. The minimum Gasteiger partial charge on any atom is -0.491 e. The van der Waals surface area contributed by atoms with Crippen LogP contribution in [-0.4, -0.2) is 72.3 Å². The van der Waals surface area contributed by atoms with Gasteiger partial charge < -0.3 is 39.7 Å². The van der Waals surface area contributed by atoms with Crippen molar-refractivity contribution in [3.05, 3.63) is 105 Å². The molecule has 0 aliphatic carbocycles. The standard InChI is InChI=1S/C21H25N5O4S.C21H24N4O5S/c1-12(2)11-30-17-8-13(3)4-6-15(17)25-20(29)26-21-23-9-14(31-21)5-7-18-22-10-16(24-18)19(27)28;1-12(2)10-29-17-8-13(3)4-6-15(17)24-20(28)25-21-22-9-14(31-21)5-7-18-23-16(11-30-18)19(26)27/h4,6,8-10,12H,5,7,11H2,1-3H3,(H,22,24)(H,27,28)(H2,23,25,26,29);4,6,8-9,11-12H,5,7,10H2,1-3H3,(H,26,27)(H2,22,24,25,28). The number of aromatic amines is 1. The Labute approximate surface area is 365 Å². The molecule has 7 N–H and O–H groups in total. The number of amides is 4. The number of H-pyrrole nitrogens is 1. The SMILES string of the molecule is Cc1ccc(NC(=O)Nc2ncc(CCc3nc(C(=O)O)co3)s2)c(OCC(C)C)c1.Cc1ccc(NC(=O)Nc2ncc(CCc3ncc(C(=O)O)[nH]3)s2)c(OCC(C)C)c1. The number of thiazole rings is 2. The monoisotopic (exact) mass is 887 g/mol. The zero-order chi connectivity index (χ0) is 44.8. The van der Waals surface area contributed by atoms with E-state index in [2.05, 4.69) is 73.9 Å². The largest absolute Gasteiger partial charge is 0.491 e. The van der Waals surface area contributed by atoms with Crippen molar-refractivity contribution in [3.63, 3.8) is 0 Å². The van der Waals surface area contributed by atoms with E-state index < -0.39 is 24.0 Å². The number of urea groups is 2. The summed E-state index contributed by atoms with van der Waals surface area (Å²) < 4.78 is 16.8. The second-order valence-corrected chi connectivity index (χ2v) is 17.0. The number of benzene rings is 2. The quantitative estimate of drug-likeness (QED) is 0.0426. The average Bonchev–Trinajstić information content (AvgIpc) is 4.05. The first-order valence-corrected chi connectivity index (χ1v) is 21.2. The van der Waals surface area contributed by atoms with Gasteiger partial charge >= 0.3 is 24.0 Å². The molecule has 328 valence electrons. The number of nitrogens with one attached hydrogen (secondary N) is 5. The third kappa shape index (κ3) is 14.7. The number of carboxylic acid groups (broad SMARTS) is 2. The summed E-state index contributed by atoms with van der Waals surface area (Å²) in [6.45, 7) is 13.3. The van der Waals surface area contributed by atoms with E-state index in [1.165, 1.54) is 28.9 Å². The number of imidazole rings is 1. The van der Waals surface area contributed by atoms with Crippen molar-refractivity contribution in [3.8, 4) is 11.5 Å². The highest BCUT2D eigenvalue weighted by molar-refractivity contribution is 7.16. The minimum atomic E-state index is -1.13. The lowest BCUT2D eigenvalue weighted by molar-refractivity contribution is 0.0680. The van der Waals surface area contributed by atoms with Crippen LogP contribution in [0.25, 0.3) is 0 Å². The topological polar surface area (TPSA) is 256 Å². The smallest absolute Gasteiger partial charge is 0.357 e. The molecule has 2 aromatic carbocycles. The van der Waals surface area contributed by atoms with Gasteiger partial charge in [-0.15, -0.1) is 22.7 Å². The van der Waals surface area contributed by atoms with Crippen molar-refractivity contribution < 1.29 is 43.3 Å². The molecule has 6 aromatic rings.